The first-order valence-corrected chi connectivity index (χ1v) is 3.97. The first-order chi connectivity index (χ1) is 4.61. The van der Waals surface area contributed by atoms with E-state index in [2.05, 4.69) is 13.8 Å². The molecular weight excluding hydrogens is 128 g/mol. The molecule has 1 saturated carbocycles. The van der Waals surface area contributed by atoms with Crippen molar-refractivity contribution in [3.8, 4) is 0 Å². The van der Waals surface area contributed by atoms with Crippen LogP contribution in [0, 0.1) is 11.8 Å². The van der Waals surface area contributed by atoms with Crippen LogP contribution < -0.4 is 0 Å². The zero-order valence-electron chi connectivity index (χ0n) is 6.62. The Kier molecular flexibility index (Phi) is 2.32. The molecular formula is C8H16O2. The standard InChI is InChI=1S/C8H16O2/c1-5(2)6-3-7(9)8(10)4-6/h5-10H,3-4H2,1-2H3. The van der Waals surface area contributed by atoms with Crippen molar-refractivity contribution in [2.24, 2.45) is 11.8 Å². The highest BCUT2D eigenvalue weighted by molar-refractivity contribution is 4.83. The number of aliphatic hydroxyl groups is 2. The molecule has 0 radical (unpaired) electrons. The summed E-state index contributed by atoms with van der Waals surface area (Å²) in [5.41, 5.74) is 0. The second kappa shape index (κ2) is 2.89. The van der Waals surface area contributed by atoms with Crippen LogP contribution >= 0.6 is 0 Å². The van der Waals surface area contributed by atoms with Gasteiger partial charge in [0, 0.05) is 0 Å². The molecule has 1 fully saturated rings. The van der Waals surface area contributed by atoms with E-state index in [-0.39, 0.29) is 0 Å². The Hall–Kier alpha value is -0.0800. The van der Waals surface area contributed by atoms with Crippen LogP contribution in [0.15, 0.2) is 0 Å². The van der Waals surface area contributed by atoms with Crippen molar-refractivity contribution < 1.29 is 10.2 Å². The summed E-state index contributed by atoms with van der Waals surface area (Å²) in [6, 6.07) is 0. The van der Waals surface area contributed by atoms with E-state index >= 15 is 0 Å². The van der Waals surface area contributed by atoms with Crippen molar-refractivity contribution in [3.63, 3.8) is 0 Å². The van der Waals surface area contributed by atoms with Crippen LogP contribution in [0.1, 0.15) is 26.7 Å². The molecule has 2 N–H and O–H groups in total. The third kappa shape index (κ3) is 1.50. The molecule has 0 spiro atoms. The average molecular weight is 144 g/mol. The Morgan fingerprint density at radius 1 is 1.10 bits per heavy atom. The van der Waals surface area contributed by atoms with Gasteiger partial charge in [0.05, 0.1) is 12.2 Å². The van der Waals surface area contributed by atoms with Gasteiger partial charge in [-0.2, -0.15) is 0 Å². The quantitative estimate of drug-likeness (QED) is 0.570. The largest absolute Gasteiger partial charge is 0.390 e. The summed E-state index contributed by atoms with van der Waals surface area (Å²) in [6.45, 7) is 4.27. The van der Waals surface area contributed by atoms with Crippen molar-refractivity contribution in [1.29, 1.82) is 0 Å². The molecule has 0 bridgehead atoms. The lowest BCUT2D eigenvalue weighted by Crippen LogP contribution is -2.17. The van der Waals surface area contributed by atoms with Gasteiger partial charge in [0.25, 0.3) is 0 Å². The van der Waals surface area contributed by atoms with Crippen LogP contribution in [0.4, 0.5) is 0 Å². The minimum atomic E-state index is -0.465. The fraction of sp³-hybridized carbons (Fsp3) is 1.00. The summed E-state index contributed by atoms with van der Waals surface area (Å²) in [5.74, 6) is 1.11. The highest BCUT2D eigenvalue weighted by atomic mass is 16.3. The topological polar surface area (TPSA) is 40.5 Å². The van der Waals surface area contributed by atoms with Crippen LogP contribution in [0.3, 0.4) is 0 Å². The molecule has 1 rings (SSSR count). The fourth-order valence-electron chi connectivity index (χ4n) is 1.58. The second-order valence-electron chi connectivity index (χ2n) is 3.61. The summed E-state index contributed by atoms with van der Waals surface area (Å²) < 4.78 is 0. The van der Waals surface area contributed by atoms with E-state index in [4.69, 9.17) is 10.2 Å². The second-order valence-corrected chi connectivity index (χ2v) is 3.61. The van der Waals surface area contributed by atoms with E-state index in [1.807, 2.05) is 0 Å². The summed E-state index contributed by atoms with van der Waals surface area (Å²) >= 11 is 0. The highest BCUT2D eigenvalue weighted by Crippen LogP contribution is 2.31. The van der Waals surface area contributed by atoms with Crippen molar-refractivity contribution in [3.05, 3.63) is 0 Å². The Morgan fingerprint density at radius 3 is 1.70 bits per heavy atom. The molecule has 2 heteroatoms. The normalized spacial score (nSPS) is 41.1. The smallest absolute Gasteiger partial charge is 0.0802 e. The maximum Gasteiger partial charge on any atom is 0.0802 e. The summed E-state index contributed by atoms with van der Waals surface area (Å²) in [4.78, 5) is 0. The third-order valence-corrected chi connectivity index (χ3v) is 2.48. The van der Waals surface area contributed by atoms with E-state index in [1.54, 1.807) is 0 Å². The molecule has 0 aromatic heterocycles. The van der Waals surface area contributed by atoms with E-state index < -0.39 is 12.2 Å². The van der Waals surface area contributed by atoms with Crippen LogP contribution in [-0.2, 0) is 0 Å². The molecule has 1 aliphatic carbocycles. The van der Waals surface area contributed by atoms with E-state index in [0.29, 0.717) is 11.8 Å². The molecule has 2 nitrogen and oxygen atoms in total. The van der Waals surface area contributed by atoms with Crippen molar-refractivity contribution in [1.82, 2.24) is 0 Å². The molecule has 0 heterocycles. The van der Waals surface area contributed by atoms with Crippen LogP contribution in [0.25, 0.3) is 0 Å². The van der Waals surface area contributed by atoms with Gasteiger partial charge in [0.1, 0.15) is 0 Å². The lowest BCUT2D eigenvalue weighted by Gasteiger charge is -2.11. The summed E-state index contributed by atoms with van der Waals surface area (Å²) in [7, 11) is 0. The van der Waals surface area contributed by atoms with Gasteiger partial charge in [0.2, 0.25) is 0 Å². The number of hydrogen-bond donors (Lipinski definition) is 2. The molecule has 60 valence electrons. The molecule has 1 aliphatic rings. The van der Waals surface area contributed by atoms with Crippen LogP contribution in [0.2, 0.25) is 0 Å². The minimum Gasteiger partial charge on any atom is -0.390 e. The molecule has 0 aromatic rings. The predicted molar refractivity (Wildman–Crippen MR) is 39.6 cm³/mol. The fourth-order valence-corrected chi connectivity index (χ4v) is 1.58. The van der Waals surface area contributed by atoms with E-state index in [9.17, 15) is 0 Å². The van der Waals surface area contributed by atoms with E-state index in [0.717, 1.165) is 12.8 Å². The molecule has 10 heavy (non-hydrogen) atoms. The summed E-state index contributed by atoms with van der Waals surface area (Å²) in [6.07, 6.45) is 0.622. The van der Waals surface area contributed by atoms with Gasteiger partial charge in [0.15, 0.2) is 0 Å². The highest BCUT2D eigenvalue weighted by Gasteiger charge is 2.32. The first-order valence-electron chi connectivity index (χ1n) is 3.97. The summed E-state index contributed by atoms with van der Waals surface area (Å²) in [5, 5.41) is 18.3. The van der Waals surface area contributed by atoms with Gasteiger partial charge in [-0.1, -0.05) is 13.8 Å². The molecule has 0 saturated heterocycles. The zero-order valence-corrected chi connectivity index (χ0v) is 6.62. The lowest BCUT2D eigenvalue weighted by molar-refractivity contribution is 0.0438. The molecule has 2 unspecified atom stereocenters. The molecule has 0 aromatic carbocycles. The average Bonchev–Trinajstić information content (AvgIpc) is 2.13. The van der Waals surface area contributed by atoms with Crippen molar-refractivity contribution >= 4 is 0 Å². The Morgan fingerprint density at radius 2 is 1.50 bits per heavy atom. The van der Waals surface area contributed by atoms with Crippen LogP contribution in [0.5, 0.6) is 0 Å². The SMILES string of the molecule is CC(C)C1CC(O)C(O)C1. The maximum absolute atomic E-state index is 9.17. The van der Waals surface area contributed by atoms with Gasteiger partial charge in [-0.25, -0.2) is 0 Å². The van der Waals surface area contributed by atoms with Gasteiger partial charge in [-0.3, -0.25) is 0 Å². The van der Waals surface area contributed by atoms with Crippen molar-refractivity contribution in [2.45, 2.75) is 38.9 Å². The monoisotopic (exact) mass is 144 g/mol. The zero-order chi connectivity index (χ0) is 7.72. The Balaban J connectivity index is 2.41. The molecule has 0 aliphatic heterocycles. The van der Waals surface area contributed by atoms with Gasteiger partial charge < -0.3 is 10.2 Å². The van der Waals surface area contributed by atoms with Crippen molar-refractivity contribution in [2.75, 3.05) is 0 Å². The number of aliphatic hydroxyl groups excluding tert-OH is 2. The predicted octanol–water partition coefficient (Wildman–Crippen LogP) is 0.774. The Labute approximate surface area is 61.9 Å². The van der Waals surface area contributed by atoms with Crippen LogP contribution in [-0.4, -0.2) is 22.4 Å². The Bertz CT molecular complexity index is 102. The lowest BCUT2D eigenvalue weighted by atomic mass is 9.94. The van der Waals surface area contributed by atoms with Gasteiger partial charge in [-0.05, 0) is 24.7 Å². The number of hydrogen-bond acceptors (Lipinski definition) is 2. The molecule has 2 atom stereocenters. The van der Waals surface area contributed by atoms with Gasteiger partial charge in [-0.15, -0.1) is 0 Å². The van der Waals surface area contributed by atoms with E-state index in [1.165, 1.54) is 0 Å². The molecule has 0 amide bonds. The maximum atomic E-state index is 9.17. The number of rotatable bonds is 1. The third-order valence-electron chi connectivity index (χ3n) is 2.48. The van der Waals surface area contributed by atoms with Gasteiger partial charge >= 0.3 is 0 Å². The first kappa shape index (κ1) is 8.02. The minimum absolute atomic E-state index is 0.465.